The number of hydrogen-bond donors (Lipinski definition) is 1. The highest BCUT2D eigenvalue weighted by Gasteiger charge is 2.14. The Morgan fingerprint density at radius 3 is 2.76 bits per heavy atom. The molecule has 0 radical (unpaired) electrons. The number of carbonyl (C=O) groups is 2. The van der Waals surface area contributed by atoms with E-state index in [4.69, 9.17) is 10.5 Å². The lowest BCUT2D eigenvalue weighted by molar-refractivity contribution is -0.155. The summed E-state index contributed by atoms with van der Waals surface area (Å²) in [4.78, 5) is 21.8. The fraction of sp³-hybridized carbons (Fsp3) is 0.273. The zero-order valence-electron chi connectivity index (χ0n) is 9.18. The minimum Gasteiger partial charge on any atom is -0.482 e. The number of benzene rings is 1. The predicted octanol–water partition coefficient (Wildman–Crippen LogP) is 0.622. The number of ether oxygens (including phenoxy) is 2. The highest BCUT2D eigenvalue weighted by Crippen LogP contribution is 2.11. The lowest BCUT2D eigenvalue weighted by Gasteiger charge is -2.10. The van der Waals surface area contributed by atoms with Gasteiger partial charge in [0.15, 0.2) is 12.7 Å². The van der Waals surface area contributed by atoms with E-state index in [1.54, 1.807) is 0 Å². The first-order valence-electron chi connectivity index (χ1n) is 4.86. The van der Waals surface area contributed by atoms with Gasteiger partial charge in [0.05, 0.1) is 0 Å². The van der Waals surface area contributed by atoms with E-state index in [9.17, 15) is 14.0 Å². The summed E-state index contributed by atoms with van der Waals surface area (Å²) >= 11 is 0. The van der Waals surface area contributed by atoms with Crippen LogP contribution in [0.2, 0.25) is 0 Å². The van der Waals surface area contributed by atoms with Crippen LogP contribution in [-0.4, -0.2) is 24.6 Å². The summed E-state index contributed by atoms with van der Waals surface area (Å²) in [6.45, 7) is 0.934. The highest BCUT2D eigenvalue weighted by atomic mass is 19.1. The van der Waals surface area contributed by atoms with E-state index in [-0.39, 0.29) is 5.75 Å². The van der Waals surface area contributed by atoms with E-state index in [0.717, 1.165) is 6.07 Å². The van der Waals surface area contributed by atoms with Gasteiger partial charge >= 0.3 is 5.97 Å². The maximum Gasteiger partial charge on any atom is 0.344 e. The Bertz CT molecular complexity index is 422. The van der Waals surface area contributed by atoms with Crippen molar-refractivity contribution < 1.29 is 23.5 Å². The largest absolute Gasteiger partial charge is 0.482 e. The zero-order valence-corrected chi connectivity index (χ0v) is 9.18. The predicted molar refractivity (Wildman–Crippen MR) is 56.6 cm³/mol. The molecule has 0 fully saturated rings. The molecule has 0 aliphatic heterocycles. The first kappa shape index (κ1) is 13.0. The van der Waals surface area contributed by atoms with Crippen molar-refractivity contribution in [3.05, 3.63) is 30.1 Å². The summed E-state index contributed by atoms with van der Waals surface area (Å²) in [5.74, 6) is -1.76. The van der Waals surface area contributed by atoms with Gasteiger partial charge in [0, 0.05) is 6.07 Å². The van der Waals surface area contributed by atoms with Crippen LogP contribution in [0, 0.1) is 5.82 Å². The Labute approximate surface area is 97.3 Å². The van der Waals surface area contributed by atoms with Crippen LogP contribution in [0.25, 0.3) is 0 Å². The third kappa shape index (κ3) is 4.50. The smallest absolute Gasteiger partial charge is 0.344 e. The topological polar surface area (TPSA) is 78.6 Å². The molecule has 0 aliphatic carbocycles. The van der Waals surface area contributed by atoms with Gasteiger partial charge < -0.3 is 15.2 Å². The highest BCUT2D eigenvalue weighted by molar-refractivity contribution is 5.82. The van der Waals surface area contributed by atoms with Crippen molar-refractivity contribution in [2.75, 3.05) is 6.61 Å². The second-order valence-electron chi connectivity index (χ2n) is 3.28. The van der Waals surface area contributed by atoms with Gasteiger partial charge in [-0.05, 0) is 19.1 Å². The normalized spacial score (nSPS) is 11.6. The minimum absolute atomic E-state index is 0.202. The fourth-order valence-electron chi connectivity index (χ4n) is 0.988. The Balaban J connectivity index is 2.41. The number of amides is 1. The van der Waals surface area contributed by atoms with Crippen LogP contribution in [-0.2, 0) is 14.3 Å². The average Bonchev–Trinajstić information content (AvgIpc) is 2.26. The molecular formula is C11H12FNO4. The molecule has 5 nitrogen and oxygen atoms in total. The van der Waals surface area contributed by atoms with Gasteiger partial charge in [0.2, 0.25) is 0 Å². The number of hydrogen-bond acceptors (Lipinski definition) is 4. The van der Waals surface area contributed by atoms with Crippen LogP contribution in [0.15, 0.2) is 24.3 Å². The summed E-state index contributed by atoms with van der Waals surface area (Å²) in [6, 6.07) is 5.32. The molecule has 0 unspecified atom stereocenters. The number of esters is 1. The van der Waals surface area contributed by atoms with Gasteiger partial charge in [-0.15, -0.1) is 0 Å². The first-order chi connectivity index (χ1) is 7.99. The third-order valence-electron chi connectivity index (χ3n) is 1.86. The summed E-state index contributed by atoms with van der Waals surface area (Å²) in [7, 11) is 0. The quantitative estimate of drug-likeness (QED) is 0.766. The molecule has 1 aromatic rings. The van der Waals surface area contributed by atoms with Crippen molar-refractivity contribution >= 4 is 11.9 Å². The van der Waals surface area contributed by atoms with E-state index >= 15 is 0 Å². The van der Waals surface area contributed by atoms with Crippen molar-refractivity contribution in [3.63, 3.8) is 0 Å². The molecule has 0 saturated heterocycles. The van der Waals surface area contributed by atoms with Crippen LogP contribution in [0.1, 0.15) is 6.92 Å². The van der Waals surface area contributed by atoms with Crippen LogP contribution in [0.3, 0.4) is 0 Å². The third-order valence-corrected chi connectivity index (χ3v) is 1.86. The van der Waals surface area contributed by atoms with Crippen LogP contribution >= 0.6 is 0 Å². The Hall–Kier alpha value is -2.11. The van der Waals surface area contributed by atoms with E-state index in [1.807, 2.05) is 0 Å². The molecule has 1 rings (SSSR count). The van der Waals surface area contributed by atoms with Gasteiger partial charge in [-0.1, -0.05) is 6.07 Å². The Morgan fingerprint density at radius 2 is 2.18 bits per heavy atom. The summed E-state index contributed by atoms with van der Waals surface area (Å²) in [5, 5.41) is 0. The summed E-state index contributed by atoms with van der Waals surface area (Å²) < 4.78 is 22.3. The number of nitrogens with two attached hydrogens (primary N) is 1. The minimum atomic E-state index is -1.02. The zero-order chi connectivity index (χ0) is 12.8. The van der Waals surface area contributed by atoms with Gasteiger partial charge in [0.25, 0.3) is 5.91 Å². The van der Waals surface area contributed by atoms with E-state index < -0.39 is 30.4 Å². The van der Waals surface area contributed by atoms with Gasteiger partial charge in [-0.25, -0.2) is 9.18 Å². The van der Waals surface area contributed by atoms with Crippen molar-refractivity contribution in [2.24, 2.45) is 5.73 Å². The second-order valence-corrected chi connectivity index (χ2v) is 3.28. The molecule has 1 amide bonds. The number of rotatable bonds is 5. The van der Waals surface area contributed by atoms with E-state index in [0.29, 0.717) is 0 Å². The molecule has 0 bridgehead atoms. The Morgan fingerprint density at radius 1 is 1.47 bits per heavy atom. The standard InChI is InChI=1S/C11H12FNO4/c1-7(11(13)15)17-10(14)6-16-9-4-2-3-8(12)5-9/h2-5,7H,6H2,1H3,(H2,13,15)/t7-/m0/s1. The molecule has 1 aromatic carbocycles. The molecule has 17 heavy (non-hydrogen) atoms. The average molecular weight is 241 g/mol. The molecule has 0 heterocycles. The molecule has 92 valence electrons. The van der Waals surface area contributed by atoms with Crippen molar-refractivity contribution in [3.8, 4) is 5.75 Å². The Kier molecular flexibility index (Phi) is 4.45. The molecule has 6 heteroatoms. The van der Waals surface area contributed by atoms with Gasteiger partial charge in [-0.3, -0.25) is 4.79 Å². The monoisotopic (exact) mass is 241 g/mol. The fourth-order valence-corrected chi connectivity index (χ4v) is 0.988. The molecule has 0 spiro atoms. The number of carbonyl (C=O) groups excluding carboxylic acids is 2. The van der Waals surface area contributed by atoms with Gasteiger partial charge in [0.1, 0.15) is 11.6 Å². The maximum absolute atomic E-state index is 12.8. The SMILES string of the molecule is C[C@H](OC(=O)COc1cccc(F)c1)C(N)=O. The van der Waals surface area contributed by atoms with Crippen LogP contribution in [0.4, 0.5) is 4.39 Å². The van der Waals surface area contributed by atoms with Crippen molar-refractivity contribution in [1.29, 1.82) is 0 Å². The second kappa shape index (κ2) is 5.83. The maximum atomic E-state index is 12.8. The first-order valence-corrected chi connectivity index (χ1v) is 4.86. The van der Waals surface area contributed by atoms with Crippen LogP contribution in [0.5, 0.6) is 5.75 Å². The van der Waals surface area contributed by atoms with E-state index in [2.05, 4.69) is 4.74 Å². The lowest BCUT2D eigenvalue weighted by Crippen LogP contribution is -2.32. The molecule has 0 aliphatic rings. The van der Waals surface area contributed by atoms with Crippen molar-refractivity contribution in [2.45, 2.75) is 13.0 Å². The molecular weight excluding hydrogens is 229 g/mol. The summed E-state index contributed by atoms with van der Waals surface area (Å²) in [6.07, 6.45) is -1.02. The lowest BCUT2D eigenvalue weighted by atomic mass is 10.3. The molecule has 0 aromatic heterocycles. The van der Waals surface area contributed by atoms with Gasteiger partial charge in [-0.2, -0.15) is 0 Å². The summed E-state index contributed by atoms with van der Waals surface area (Å²) in [5.41, 5.74) is 4.90. The molecule has 1 atom stereocenters. The van der Waals surface area contributed by atoms with E-state index in [1.165, 1.54) is 25.1 Å². The van der Waals surface area contributed by atoms with Crippen LogP contribution < -0.4 is 10.5 Å². The molecule has 0 saturated carbocycles. The number of halogens is 1. The van der Waals surface area contributed by atoms with Crippen molar-refractivity contribution in [1.82, 2.24) is 0 Å². The number of primary amides is 1. The molecule has 2 N–H and O–H groups in total.